The fraction of sp³-hybridized carbons (Fsp3) is 0.393. The number of phenolic OH excluding ortho intramolecular Hbond substituents is 2. The van der Waals surface area contributed by atoms with Crippen LogP contribution in [0.5, 0.6) is 11.5 Å². The summed E-state index contributed by atoms with van der Waals surface area (Å²) in [6, 6.07) is 17.9. The van der Waals surface area contributed by atoms with Crippen LogP contribution in [0.1, 0.15) is 68.2 Å². The number of aliphatic imine (C=N–C) groups is 1. The number of benzene rings is 4. The third-order valence-electron chi connectivity index (χ3n) is 14.4. The van der Waals surface area contributed by atoms with Crippen LogP contribution in [0.25, 0.3) is 10.9 Å². The molecule has 0 aliphatic carbocycles. The Hall–Kier alpha value is -10.2. The van der Waals surface area contributed by atoms with Crippen LogP contribution in [0.4, 0.5) is 4.79 Å². The number of aromatic nitrogens is 1. The molecule has 1 aromatic heterocycles. The first-order valence-electron chi connectivity index (χ1n) is 29.0. The fourth-order valence-electron chi connectivity index (χ4n) is 9.87. The summed E-state index contributed by atoms with van der Waals surface area (Å²) in [4.78, 5) is 145. The van der Waals surface area contributed by atoms with Crippen LogP contribution in [0.15, 0.2) is 114 Å². The fourth-order valence-corrected chi connectivity index (χ4v) is 9.87. The summed E-state index contributed by atoms with van der Waals surface area (Å²) in [5.41, 5.74) is 19.1. The third kappa shape index (κ3) is 21.6. The van der Waals surface area contributed by atoms with E-state index in [1.165, 1.54) is 41.3 Å². The Kier molecular flexibility index (Phi) is 25.6. The number of para-hydroxylation sites is 1. The lowest BCUT2D eigenvalue weighted by Gasteiger charge is -2.30. The van der Waals surface area contributed by atoms with E-state index in [2.05, 4.69) is 52.5 Å². The van der Waals surface area contributed by atoms with Crippen LogP contribution in [-0.4, -0.2) is 165 Å². The highest BCUT2D eigenvalue weighted by molar-refractivity contribution is 5.98. The highest BCUT2D eigenvalue weighted by Gasteiger charge is 2.39. The van der Waals surface area contributed by atoms with E-state index >= 15 is 0 Å². The Morgan fingerprint density at radius 2 is 1.19 bits per heavy atom. The average Bonchev–Trinajstić information content (AvgIpc) is 2.23. The molecule has 10 amide bonds. The summed E-state index contributed by atoms with van der Waals surface area (Å²) < 4.78 is 5.43. The molecule has 18 N–H and O–H groups in total. The quantitative estimate of drug-likeness (QED) is 0.0141. The topological polar surface area (TPSA) is 446 Å². The molecule has 4 aromatic carbocycles. The van der Waals surface area contributed by atoms with E-state index in [1.54, 1.807) is 86.8 Å². The molecule has 7 atom stereocenters. The van der Waals surface area contributed by atoms with E-state index < -0.39 is 121 Å². The second-order valence-electron chi connectivity index (χ2n) is 21.8. The first-order valence-corrected chi connectivity index (χ1v) is 29.0. The largest absolute Gasteiger partial charge is 0.508 e. The van der Waals surface area contributed by atoms with Gasteiger partial charge in [0.2, 0.25) is 53.2 Å². The molecule has 476 valence electrons. The molecular weight excluding hydrogens is 1150 g/mol. The Balaban J connectivity index is 1.17. The number of likely N-dealkylation sites (tertiary alicyclic amines) is 1. The Labute approximate surface area is 512 Å². The van der Waals surface area contributed by atoms with E-state index in [0.29, 0.717) is 39.6 Å². The Bertz CT molecular complexity index is 3280. The van der Waals surface area contributed by atoms with Gasteiger partial charge >= 0.3 is 6.09 Å². The second kappa shape index (κ2) is 33.6. The molecule has 1 aliphatic heterocycles. The molecule has 28 nitrogen and oxygen atoms in total. The first kappa shape index (κ1) is 67.9. The van der Waals surface area contributed by atoms with Gasteiger partial charge in [0.15, 0.2) is 5.96 Å². The molecule has 0 radical (unpaired) electrons. The molecule has 2 heterocycles. The SMILES string of the molecule is CC(C)C[C@H](NC(=O)CNC(=O)[C@H](Cc1ccc(O)cc1)NC(=O)[C@H](CO)NC(=O)[C@H](Cc1c[nH]c2ccccc12)NC(=O)[C@H](Cc1ccc(O)cc1)NC(=O)OCc1ccccc1)C(=O)N[C@@H](CCCN=C(N)N)C(=O)N1CCC[C@H]1C(=O)NCC(N)=O. The van der Waals surface area contributed by atoms with Gasteiger partial charge in [-0.05, 0) is 90.6 Å². The van der Waals surface area contributed by atoms with Gasteiger partial charge in [0.1, 0.15) is 60.4 Å². The standard InChI is InChI=1S/C61H78N14O14/c1-35(2)26-45(54(82)70-44(14-8-24-65-60(63)64)59(87)75-25-9-15-50(75)58(86)67-31-51(62)79)69-52(80)32-68-53(81)46(27-36-16-20-40(77)21-17-36)71-57(85)49(33-76)73-56(84)48(29-39-30-66-43-13-7-6-12-42(39)43)72-55(83)47(28-37-18-22-41(78)23-19-37)74-61(88)89-34-38-10-4-3-5-11-38/h3-7,10-13,16-23,30,35,44-50,66,76-78H,8-9,14-15,24-29,31-34H2,1-2H3,(H2,62,79)(H,67,86)(H,68,81)(H,69,80)(H,70,82)(H,71,85)(H,72,83)(H,73,84)(H,74,88)(H4,63,64,65)/t44-,45-,46-,47-,48-,49-,50-/m0/s1. The minimum atomic E-state index is -1.77. The summed E-state index contributed by atoms with van der Waals surface area (Å²) in [7, 11) is 0. The molecule has 0 spiro atoms. The lowest BCUT2D eigenvalue weighted by molar-refractivity contribution is -0.142. The van der Waals surface area contributed by atoms with E-state index in [9.17, 15) is 63.3 Å². The number of guanidine groups is 1. The number of alkyl carbamates (subject to hydrolysis) is 1. The minimum Gasteiger partial charge on any atom is -0.508 e. The normalized spacial score (nSPS) is 14.7. The summed E-state index contributed by atoms with van der Waals surface area (Å²) in [6.45, 7) is 1.48. The van der Waals surface area contributed by atoms with Crippen molar-refractivity contribution in [3.05, 3.63) is 132 Å². The van der Waals surface area contributed by atoms with Crippen molar-refractivity contribution in [2.24, 2.45) is 28.1 Å². The van der Waals surface area contributed by atoms with Crippen LogP contribution < -0.4 is 59.7 Å². The van der Waals surface area contributed by atoms with Crippen molar-refractivity contribution in [2.45, 2.75) is 114 Å². The number of phenols is 2. The average molecular weight is 1230 g/mol. The number of nitrogens with zero attached hydrogens (tertiary/aromatic N) is 2. The number of hydrogen-bond donors (Lipinski definition) is 15. The van der Waals surface area contributed by atoms with Crippen LogP contribution >= 0.6 is 0 Å². The van der Waals surface area contributed by atoms with E-state index in [1.807, 2.05) is 0 Å². The molecule has 1 fully saturated rings. The predicted octanol–water partition coefficient (Wildman–Crippen LogP) is -0.873. The van der Waals surface area contributed by atoms with Crippen molar-refractivity contribution in [3.8, 4) is 11.5 Å². The lowest BCUT2D eigenvalue weighted by Crippen LogP contribution is -2.60. The van der Waals surface area contributed by atoms with E-state index in [4.69, 9.17) is 21.9 Å². The van der Waals surface area contributed by atoms with Gasteiger partial charge in [0.05, 0.1) is 19.7 Å². The number of amides is 10. The van der Waals surface area contributed by atoms with Crippen LogP contribution in [0, 0.1) is 5.92 Å². The smallest absolute Gasteiger partial charge is 0.408 e. The van der Waals surface area contributed by atoms with Gasteiger partial charge in [-0.1, -0.05) is 86.6 Å². The number of aromatic hydroxyl groups is 2. The molecule has 0 bridgehead atoms. The first-order chi connectivity index (χ1) is 42.6. The molecule has 0 unspecified atom stereocenters. The zero-order valence-corrected chi connectivity index (χ0v) is 49.4. The van der Waals surface area contributed by atoms with Crippen molar-refractivity contribution in [3.63, 3.8) is 0 Å². The summed E-state index contributed by atoms with van der Waals surface area (Å²) in [5, 5.41) is 51.9. The number of H-pyrrole nitrogens is 1. The molecule has 1 saturated heterocycles. The summed E-state index contributed by atoms with van der Waals surface area (Å²) >= 11 is 0. The van der Waals surface area contributed by atoms with Gasteiger partial charge in [-0.25, -0.2) is 4.79 Å². The van der Waals surface area contributed by atoms with Crippen molar-refractivity contribution < 1.29 is 68.0 Å². The number of nitrogens with one attached hydrogen (secondary N) is 9. The summed E-state index contributed by atoms with van der Waals surface area (Å²) in [6.07, 6.45) is 1.12. The number of aromatic amines is 1. The van der Waals surface area contributed by atoms with Gasteiger partial charge in [-0.2, -0.15) is 0 Å². The minimum absolute atomic E-state index is 0.0136. The lowest BCUT2D eigenvalue weighted by atomic mass is 10.0. The van der Waals surface area contributed by atoms with Gasteiger partial charge in [-0.3, -0.25) is 48.1 Å². The zero-order chi connectivity index (χ0) is 64.6. The number of carbonyl (C=O) groups excluding carboxylic acids is 10. The monoisotopic (exact) mass is 1230 g/mol. The predicted molar refractivity (Wildman–Crippen MR) is 325 cm³/mol. The number of hydrogen-bond acceptors (Lipinski definition) is 15. The van der Waals surface area contributed by atoms with Crippen LogP contribution in [0.3, 0.4) is 0 Å². The highest BCUT2D eigenvalue weighted by atomic mass is 16.5. The molecule has 89 heavy (non-hydrogen) atoms. The maximum absolute atomic E-state index is 14.5. The van der Waals surface area contributed by atoms with Gasteiger partial charge < -0.3 is 89.7 Å². The van der Waals surface area contributed by atoms with Crippen molar-refractivity contribution in [1.29, 1.82) is 0 Å². The number of fused-ring (bicyclic) bond motifs is 1. The number of aliphatic hydroxyl groups is 1. The Morgan fingerprint density at radius 3 is 1.80 bits per heavy atom. The molecule has 1 aliphatic rings. The number of nitrogens with two attached hydrogens (primary N) is 3. The number of carbonyl (C=O) groups is 10. The highest BCUT2D eigenvalue weighted by Crippen LogP contribution is 2.22. The molecule has 28 heteroatoms. The molecular formula is C61H78N14O14. The van der Waals surface area contributed by atoms with E-state index in [-0.39, 0.29) is 88.0 Å². The van der Waals surface area contributed by atoms with E-state index in [0.717, 1.165) is 0 Å². The maximum atomic E-state index is 14.5. The number of aliphatic hydroxyl groups excluding tert-OH is 1. The number of ether oxygens (including phenoxy) is 1. The molecule has 6 rings (SSSR count). The molecule has 0 saturated carbocycles. The number of rotatable bonds is 32. The zero-order valence-electron chi connectivity index (χ0n) is 49.4. The van der Waals surface area contributed by atoms with Gasteiger partial charge in [0, 0.05) is 49.5 Å². The van der Waals surface area contributed by atoms with Crippen LogP contribution in [-0.2, 0) is 73.8 Å². The van der Waals surface area contributed by atoms with Crippen molar-refractivity contribution in [1.82, 2.24) is 52.4 Å². The number of primary amides is 1. The van der Waals surface area contributed by atoms with Crippen molar-refractivity contribution in [2.75, 3.05) is 32.8 Å². The Morgan fingerprint density at radius 1 is 0.629 bits per heavy atom. The maximum Gasteiger partial charge on any atom is 0.408 e. The second-order valence-corrected chi connectivity index (χ2v) is 21.8. The van der Waals surface area contributed by atoms with Gasteiger partial charge in [-0.15, -0.1) is 0 Å². The third-order valence-corrected chi connectivity index (χ3v) is 14.4. The van der Waals surface area contributed by atoms with Crippen molar-refractivity contribution >= 4 is 76.1 Å². The summed E-state index contributed by atoms with van der Waals surface area (Å²) in [5.74, 6) is -7.99. The molecule has 5 aromatic rings. The van der Waals surface area contributed by atoms with Gasteiger partial charge in [0.25, 0.3) is 0 Å². The van der Waals surface area contributed by atoms with Crippen LogP contribution in [0.2, 0.25) is 0 Å².